The number of hydrogen-bond donors (Lipinski definition) is 1. The van der Waals surface area contributed by atoms with Gasteiger partial charge in [0.05, 0.1) is 28.2 Å². The normalized spacial score (nSPS) is 11.6. The lowest BCUT2D eigenvalue weighted by atomic mass is 10.1. The van der Waals surface area contributed by atoms with Crippen LogP contribution in [0.4, 0.5) is 0 Å². The second kappa shape index (κ2) is 7.39. The summed E-state index contributed by atoms with van der Waals surface area (Å²) in [7, 11) is -3.38. The molecule has 1 heterocycles. The van der Waals surface area contributed by atoms with Crippen molar-refractivity contribution in [1.82, 2.24) is 9.78 Å². The number of aliphatic hydroxyl groups is 1. The molecule has 3 rings (SSSR count). The van der Waals surface area contributed by atoms with Gasteiger partial charge in [-0.05, 0) is 42.8 Å². The van der Waals surface area contributed by atoms with Crippen molar-refractivity contribution < 1.29 is 13.5 Å². The minimum Gasteiger partial charge on any atom is -0.396 e. The van der Waals surface area contributed by atoms with E-state index >= 15 is 0 Å². The summed E-state index contributed by atoms with van der Waals surface area (Å²) in [5, 5.41) is 13.8. The fraction of sp³-hybridized carbons (Fsp3) is 0.167. The Hall–Kier alpha value is -2.15. The van der Waals surface area contributed by atoms with Crippen LogP contribution in [0.3, 0.4) is 0 Å². The molecule has 0 spiro atoms. The predicted octanol–water partition coefficient (Wildman–Crippen LogP) is 3.35. The van der Waals surface area contributed by atoms with Crippen molar-refractivity contribution in [2.75, 3.05) is 12.4 Å². The first-order chi connectivity index (χ1) is 12.0. The number of nitrogens with zero attached hydrogens (tertiary/aromatic N) is 2. The van der Waals surface area contributed by atoms with Crippen LogP contribution in [0.15, 0.2) is 65.7 Å². The van der Waals surface area contributed by atoms with E-state index in [1.807, 2.05) is 24.3 Å². The second-order valence-corrected chi connectivity index (χ2v) is 8.07. The Morgan fingerprint density at radius 2 is 1.84 bits per heavy atom. The van der Waals surface area contributed by atoms with E-state index in [-0.39, 0.29) is 23.7 Å². The Kier molecular flexibility index (Phi) is 5.22. The first kappa shape index (κ1) is 17.7. The van der Waals surface area contributed by atoms with E-state index in [4.69, 9.17) is 16.7 Å². The summed E-state index contributed by atoms with van der Waals surface area (Å²) in [4.78, 5) is 0.249. The molecule has 0 fully saturated rings. The first-order valence-electron chi connectivity index (χ1n) is 7.75. The predicted molar refractivity (Wildman–Crippen MR) is 97.8 cm³/mol. The van der Waals surface area contributed by atoms with E-state index in [2.05, 4.69) is 5.10 Å². The molecule has 2 aromatic carbocycles. The number of halogens is 1. The van der Waals surface area contributed by atoms with Gasteiger partial charge in [0.1, 0.15) is 0 Å². The molecule has 3 aromatic rings. The summed E-state index contributed by atoms with van der Waals surface area (Å²) in [6.07, 6.45) is 1.91. The third-order valence-corrected chi connectivity index (χ3v) is 5.83. The Morgan fingerprint density at radius 3 is 2.52 bits per heavy atom. The summed E-state index contributed by atoms with van der Waals surface area (Å²) < 4.78 is 26.1. The molecule has 0 saturated carbocycles. The standard InChI is InChI=1S/C18H17ClN2O3S/c19-15-3-1-4-16(13-15)21-18(9-10-20-21)14-5-7-17(8-6-14)25(23,24)12-2-11-22/h1,3-10,13,22H,2,11-12H2. The largest absolute Gasteiger partial charge is 0.396 e. The number of benzene rings is 2. The van der Waals surface area contributed by atoms with E-state index in [0.717, 1.165) is 16.9 Å². The fourth-order valence-corrected chi connectivity index (χ4v) is 4.02. The highest BCUT2D eigenvalue weighted by Gasteiger charge is 2.15. The van der Waals surface area contributed by atoms with E-state index in [9.17, 15) is 8.42 Å². The van der Waals surface area contributed by atoms with Gasteiger partial charge in [0.15, 0.2) is 9.84 Å². The van der Waals surface area contributed by atoms with Gasteiger partial charge in [0.25, 0.3) is 0 Å². The third kappa shape index (κ3) is 3.92. The summed E-state index contributed by atoms with van der Waals surface area (Å²) in [5.74, 6) is -0.0662. The van der Waals surface area contributed by atoms with Crippen LogP contribution in [-0.4, -0.2) is 35.7 Å². The van der Waals surface area contributed by atoms with Gasteiger partial charge in [0, 0.05) is 17.2 Å². The Balaban J connectivity index is 1.93. The second-order valence-electron chi connectivity index (χ2n) is 5.53. The van der Waals surface area contributed by atoms with Crippen LogP contribution in [0, 0.1) is 0 Å². The smallest absolute Gasteiger partial charge is 0.178 e. The van der Waals surface area contributed by atoms with Crippen molar-refractivity contribution >= 4 is 21.4 Å². The molecule has 130 valence electrons. The number of aromatic nitrogens is 2. The van der Waals surface area contributed by atoms with Gasteiger partial charge in [-0.25, -0.2) is 13.1 Å². The molecule has 0 atom stereocenters. The van der Waals surface area contributed by atoms with Gasteiger partial charge in [-0.3, -0.25) is 0 Å². The van der Waals surface area contributed by atoms with Crippen LogP contribution in [0.2, 0.25) is 5.02 Å². The van der Waals surface area contributed by atoms with E-state index < -0.39 is 9.84 Å². The number of aliphatic hydroxyl groups excluding tert-OH is 1. The highest BCUT2D eigenvalue weighted by Crippen LogP contribution is 2.25. The Bertz CT molecular complexity index is 966. The Labute approximate surface area is 151 Å². The molecule has 0 bridgehead atoms. The van der Waals surface area contributed by atoms with Gasteiger partial charge in [-0.1, -0.05) is 29.8 Å². The average Bonchev–Trinajstić information content (AvgIpc) is 3.10. The molecule has 5 nitrogen and oxygen atoms in total. The van der Waals surface area contributed by atoms with Gasteiger partial charge in [-0.2, -0.15) is 5.10 Å². The van der Waals surface area contributed by atoms with Crippen molar-refractivity contribution in [3.63, 3.8) is 0 Å². The molecule has 0 saturated heterocycles. The lowest BCUT2D eigenvalue weighted by molar-refractivity contribution is 0.295. The molecular formula is C18H17ClN2O3S. The fourth-order valence-electron chi connectivity index (χ4n) is 2.54. The van der Waals surface area contributed by atoms with Crippen LogP contribution >= 0.6 is 11.6 Å². The topological polar surface area (TPSA) is 72.2 Å². The van der Waals surface area contributed by atoms with Crippen molar-refractivity contribution in [2.45, 2.75) is 11.3 Å². The van der Waals surface area contributed by atoms with Crippen molar-refractivity contribution in [1.29, 1.82) is 0 Å². The summed E-state index contributed by atoms with van der Waals surface area (Å²) in [6.45, 7) is -0.143. The van der Waals surface area contributed by atoms with E-state index in [1.54, 1.807) is 41.2 Å². The monoisotopic (exact) mass is 376 g/mol. The average molecular weight is 377 g/mol. The van der Waals surface area contributed by atoms with Gasteiger partial charge in [-0.15, -0.1) is 0 Å². The maximum Gasteiger partial charge on any atom is 0.178 e. The molecule has 25 heavy (non-hydrogen) atoms. The van der Waals surface area contributed by atoms with Gasteiger partial charge >= 0.3 is 0 Å². The molecule has 0 unspecified atom stereocenters. The summed E-state index contributed by atoms with van der Waals surface area (Å²) in [5.41, 5.74) is 2.51. The minimum absolute atomic E-state index is 0.0662. The van der Waals surface area contributed by atoms with Gasteiger partial charge < -0.3 is 5.11 Å². The first-order valence-corrected chi connectivity index (χ1v) is 9.78. The summed E-state index contributed by atoms with van der Waals surface area (Å²) in [6, 6.07) is 15.9. The number of sulfone groups is 1. The number of hydrogen-bond acceptors (Lipinski definition) is 4. The maximum atomic E-state index is 12.2. The zero-order valence-electron chi connectivity index (χ0n) is 13.3. The highest BCUT2D eigenvalue weighted by atomic mass is 35.5. The van der Waals surface area contributed by atoms with Gasteiger partial charge in [0.2, 0.25) is 0 Å². The molecular weight excluding hydrogens is 360 g/mol. The molecule has 0 aliphatic carbocycles. The lowest BCUT2D eigenvalue weighted by Crippen LogP contribution is -2.08. The van der Waals surface area contributed by atoms with Crippen LogP contribution in [-0.2, 0) is 9.84 Å². The lowest BCUT2D eigenvalue weighted by Gasteiger charge is -2.09. The van der Waals surface area contributed by atoms with Crippen LogP contribution in [0.5, 0.6) is 0 Å². The van der Waals surface area contributed by atoms with Crippen LogP contribution < -0.4 is 0 Å². The maximum absolute atomic E-state index is 12.2. The molecule has 0 aliphatic rings. The third-order valence-electron chi connectivity index (χ3n) is 3.78. The SMILES string of the molecule is O=S(=O)(CCCO)c1ccc(-c2ccnn2-c2cccc(Cl)c2)cc1. The van der Waals surface area contributed by atoms with Crippen molar-refractivity contribution in [3.05, 3.63) is 65.8 Å². The zero-order valence-corrected chi connectivity index (χ0v) is 14.9. The van der Waals surface area contributed by atoms with Crippen molar-refractivity contribution in [2.24, 2.45) is 0 Å². The summed E-state index contributed by atoms with van der Waals surface area (Å²) >= 11 is 6.05. The quantitative estimate of drug-likeness (QED) is 0.716. The molecule has 7 heteroatoms. The van der Waals surface area contributed by atoms with E-state index in [0.29, 0.717) is 5.02 Å². The van der Waals surface area contributed by atoms with E-state index in [1.165, 1.54) is 0 Å². The minimum atomic E-state index is -3.38. The zero-order chi connectivity index (χ0) is 17.9. The molecule has 0 amide bonds. The Morgan fingerprint density at radius 1 is 1.08 bits per heavy atom. The molecule has 0 radical (unpaired) electrons. The van der Waals surface area contributed by atoms with Crippen molar-refractivity contribution in [3.8, 4) is 16.9 Å². The molecule has 0 aliphatic heterocycles. The number of rotatable bonds is 6. The molecule has 1 N–H and O–H groups in total. The highest BCUT2D eigenvalue weighted by molar-refractivity contribution is 7.91. The van der Waals surface area contributed by atoms with Crippen LogP contribution in [0.1, 0.15) is 6.42 Å². The molecule has 1 aromatic heterocycles. The van der Waals surface area contributed by atoms with Crippen LogP contribution in [0.25, 0.3) is 16.9 Å².